The van der Waals surface area contributed by atoms with Gasteiger partial charge in [0.2, 0.25) is 0 Å². The molecule has 14 heavy (non-hydrogen) atoms. The number of hydrogen-bond donors (Lipinski definition) is 1. The van der Waals surface area contributed by atoms with E-state index in [4.69, 9.17) is 4.74 Å². The van der Waals surface area contributed by atoms with Crippen LogP contribution in [0.3, 0.4) is 0 Å². The molecule has 2 rings (SSSR count). The summed E-state index contributed by atoms with van der Waals surface area (Å²) in [5, 5.41) is 3.10. The minimum Gasteiger partial charge on any atom is -0.355 e. The molecule has 0 spiro atoms. The van der Waals surface area contributed by atoms with Crippen molar-refractivity contribution in [3.8, 4) is 0 Å². The lowest BCUT2D eigenvalue weighted by atomic mass is 10.1. The highest BCUT2D eigenvalue weighted by molar-refractivity contribution is 5.55. The maximum Gasteiger partial charge on any atom is 0.164 e. The van der Waals surface area contributed by atoms with Crippen molar-refractivity contribution in [2.24, 2.45) is 0 Å². The Hall–Kier alpha value is -1.19. The molecule has 0 aromatic heterocycles. The highest BCUT2D eigenvalue weighted by Crippen LogP contribution is 2.08. The minimum atomic E-state index is -0.413. The molecule has 3 nitrogen and oxygen atoms in total. The van der Waals surface area contributed by atoms with Gasteiger partial charge in [0.1, 0.15) is 0 Å². The molecule has 0 bridgehead atoms. The van der Waals surface area contributed by atoms with Crippen LogP contribution in [0.5, 0.6) is 0 Å². The Morgan fingerprint density at radius 1 is 1.43 bits per heavy atom. The first-order valence-corrected chi connectivity index (χ1v) is 4.75. The van der Waals surface area contributed by atoms with Crippen molar-refractivity contribution in [1.82, 2.24) is 5.32 Å². The van der Waals surface area contributed by atoms with Gasteiger partial charge in [-0.1, -0.05) is 30.3 Å². The minimum absolute atomic E-state index is 0.257. The van der Waals surface area contributed by atoms with Crippen LogP contribution in [0, 0.1) is 0 Å². The van der Waals surface area contributed by atoms with E-state index in [2.05, 4.69) is 17.4 Å². The Kier molecular flexibility index (Phi) is 2.91. The number of carbonyl (C=O) groups excluding carboxylic acids is 1. The Labute approximate surface area is 83.1 Å². The third-order valence-electron chi connectivity index (χ3n) is 2.33. The first-order chi connectivity index (χ1) is 6.88. The molecule has 0 radical (unpaired) electrons. The molecule has 1 saturated heterocycles. The van der Waals surface area contributed by atoms with Gasteiger partial charge in [-0.05, 0) is 12.0 Å². The van der Waals surface area contributed by atoms with Gasteiger partial charge in [0, 0.05) is 6.04 Å². The van der Waals surface area contributed by atoms with E-state index in [1.165, 1.54) is 5.56 Å². The van der Waals surface area contributed by atoms with E-state index in [0.29, 0.717) is 6.61 Å². The van der Waals surface area contributed by atoms with Crippen LogP contribution in [-0.2, 0) is 16.0 Å². The van der Waals surface area contributed by atoms with Crippen LogP contribution in [-0.4, -0.2) is 25.2 Å². The Balaban J connectivity index is 1.90. The highest BCUT2D eigenvalue weighted by Gasteiger charge is 2.23. The lowest BCUT2D eigenvalue weighted by Gasteiger charge is -2.08. The van der Waals surface area contributed by atoms with Crippen LogP contribution in [0.15, 0.2) is 30.3 Å². The topological polar surface area (TPSA) is 38.3 Å². The van der Waals surface area contributed by atoms with Gasteiger partial charge in [0.25, 0.3) is 0 Å². The smallest absolute Gasteiger partial charge is 0.164 e. The second kappa shape index (κ2) is 4.35. The third-order valence-corrected chi connectivity index (χ3v) is 2.33. The molecule has 1 heterocycles. The summed E-state index contributed by atoms with van der Waals surface area (Å²) in [6.45, 7) is 0.609. The van der Waals surface area contributed by atoms with E-state index < -0.39 is 6.23 Å². The quantitative estimate of drug-likeness (QED) is 0.716. The summed E-state index contributed by atoms with van der Waals surface area (Å²) < 4.78 is 5.21. The van der Waals surface area contributed by atoms with Crippen molar-refractivity contribution in [1.29, 1.82) is 0 Å². The molecular weight excluding hydrogens is 178 g/mol. The van der Waals surface area contributed by atoms with Gasteiger partial charge in [-0.2, -0.15) is 0 Å². The maximum atomic E-state index is 10.4. The van der Waals surface area contributed by atoms with Crippen molar-refractivity contribution >= 4 is 6.29 Å². The van der Waals surface area contributed by atoms with Gasteiger partial charge in [0.15, 0.2) is 12.5 Å². The maximum absolute atomic E-state index is 10.4. The average molecular weight is 191 g/mol. The fraction of sp³-hybridized carbons (Fsp3) is 0.364. The van der Waals surface area contributed by atoms with Crippen LogP contribution < -0.4 is 5.32 Å². The molecule has 1 N–H and O–H groups in total. The van der Waals surface area contributed by atoms with Crippen molar-refractivity contribution in [2.45, 2.75) is 18.7 Å². The molecule has 1 aromatic carbocycles. The monoisotopic (exact) mass is 191 g/mol. The van der Waals surface area contributed by atoms with E-state index >= 15 is 0 Å². The number of nitrogens with one attached hydrogen (secondary N) is 1. The first-order valence-electron chi connectivity index (χ1n) is 4.75. The third kappa shape index (κ3) is 2.19. The SMILES string of the molecule is O=CC1NC(Cc2ccccc2)CO1. The zero-order valence-corrected chi connectivity index (χ0v) is 7.85. The normalized spacial score (nSPS) is 26.3. The molecule has 0 amide bonds. The summed E-state index contributed by atoms with van der Waals surface area (Å²) in [6.07, 6.45) is 1.29. The number of rotatable bonds is 3. The number of ether oxygens (including phenoxy) is 1. The summed E-state index contributed by atoms with van der Waals surface area (Å²) in [6, 6.07) is 10.4. The van der Waals surface area contributed by atoms with Crippen molar-refractivity contribution in [3.05, 3.63) is 35.9 Å². The Bertz CT molecular complexity index is 299. The van der Waals surface area contributed by atoms with Crippen LogP contribution in [0.25, 0.3) is 0 Å². The van der Waals surface area contributed by atoms with Crippen molar-refractivity contribution in [2.75, 3.05) is 6.61 Å². The zero-order chi connectivity index (χ0) is 9.80. The summed E-state index contributed by atoms with van der Waals surface area (Å²) in [5.74, 6) is 0. The van der Waals surface area contributed by atoms with Crippen LogP contribution in [0.1, 0.15) is 5.56 Å². The van der Waals surface area contributed by atoms with Gasteiger partial charge >= 0.3 is 0 Å². The van der Waals surface area contributed by atoms with E-state index in [1.807, 2.05) is 18.2 Å². The van der Waals surface area contributed by atoms with E-state index in [0.717, 1.165) is 12.7 Å². The fourth-order valence-electron chi connectivity index (χ4n) is 1.64. The molecule has 74 valence electrons. The largest absolute Gasteiger partial charge is 0.355 e. The average Bonchev–Trinajstić information content (AvgIpc) is 2.67. The molecule has 3 heteroatoms. The second-order valence-corrected chi connectivity index (χ2v) is 3.44. The fourth-order valence-corrected chi connectivity index (χ4v) is 1.64. The standard InChI is InChI=1S/C11H13NO2/c13-7-11-12-10(8-14-11)6-9-4-2-1-3-5-9/h1-5,7,10-12H,6,8H2. The predicted molar refractivity (Wildman–Crippen MR) is 52.9 cm³/mol. The molecule has 0 saturated carbocycles. The molecule has 0 aliphatic carbocycles. The van der Waals surface area contributed by atoms with E-state index in [1.54, 1.807) is 0 Å². The Morgan fingerprint density at radius 2 is 2.21 bits per heavy atom. The number of hydrogen-bond acceptors (Lipinski definition) is 3. The molecular formula is C11H13NO2. The van der Waals surface area contributed by atoms with Gasteiger partial charge < -0.3 is 4.74 Å². The Morgan fingerprint density at radius 3 is 2.86 bits per heavy atom. The van der Waals surface area contributed by atoms with Crippen LogP contribution >= 0.6 is 0 Å². The second-order valence-electron chi connectivity index (χ2n) is 3.44. The highest BCUT2D eigenvalue weighted by atomic mass is 16.5. The lowest BCUT2D eigenvalue weighted by Crippen LogP contribution is -2.32. The lowest BCUT2D eigenvalue weighted by molar-refractivity contribution is -0.116. The van der Waals surface area contributed by atoms with E-state index in [9.17, 15) is 4.79 Å². The summed E-state index contributed by atoms with van der Waals surface area (Å²) in [5.41, 5.74) is 1.26. The predicted octanol–water partition coefficient (Wildman–Crippen LogP) is 0.742. The molecule has 2 unspecified atom stereocenters. The van der Waals surface area contributed by atoms with Gasteiger partial charge in [-0.25, -0.2) is 0 Å². The van der Waals surface area contributed by atoms with Gasteiger partial charge in [-0.3, -0.25) is 10.1 Å². The van der Waals surface area contributed by atoms with E-state index in [-0.39, 0.29) is 6.04 Å². The van der Waals surface area contributed by atoms with Crippen molar-refractivity contribution in [3.63, 3.8) is 0 Å². The van der Waals surface area contributed by atoms with Crippen LogP contribution in [0.2, 0.25) is 0 Å². The summed E-state index contributed by atoms with van der Waals surface area (Å²) in [7, 11) is 0. The molecule has 1 aliphatic rings. The first kappa shape index (κ1) is 9.37. The molecule has 2 atom stereocenters. The zero-order valence-electron chi connectivity index (χ0n) is 7.85. The molecule has 1 aliphatic heterocycles. The number of carbonyl (C=O) groups is 1. The van der Waals surface area contributed by atoms with Gasteiger partial charge in [0.05, 0.1) is 6.61 Å². The molecule has 1 fully saturated rings. The molecule has 1 aromatic rings. The van der Waals surface area contributed by atoms with Gasteiger partial charge in [-0.15, -0.1) is 0 Å². The number of benzene rings is 1. The van der Waals surface area contributed by atoms with Crippen molar-refractivity contribution < 1.29 is 9.53 Å². The van der Waals surface area contributed by atoms with Crippen LogP contribution in [0.4, 0.5) is 0 Å². The summed E-state index contributed by atoms with van der Waals surface area (Å²) >= 11 is 0. The summed E-state index contributed by atoms with van der Waals surface area (Å²) in [4.78, 5) is 10.4. The number of aldehydes is 1.